The summed E-state index contributed by atoms with van der Waals surface area (Å²) < 4.78 is 5.73. The average Bonchev–Trinajstić information content (AvgIpc) is 2.93. The fourth-order valence-electron chi connectivity index (χ4n) is 2.48. The molecule has 1 heterocycles. The normalized spacial score (nSPS) is 18.6. The van der Waals surface area contributed by atoms with Crippen LogP contribution < -0.4 is 4.74 Å². The standard InChI is InChI=1S/C16H21NO3/c18-10-3-5-14-4-1-7-16(12-14)20-11-9-17-8-2-6-15(17)13-19/h1,4,7,12,15,18-19H,2,6,8-11,13H2. The van der Waals surface area contributed by atoms with Gasteiger partial charge < -0.3 is 14.9 Å². The Morgan fingerprint density at radius 2 is 2.25 bits per heavy atom. The van der Waals surface area contributed by atoms with Crippen molar-refractivity contribution in [1.82, 2.24) is 4.90 Å². The van der Waals surface area contributed by atoms with Crippen LogP contribution in [0.15, 0.2) is 24.3 Å². The summed E-state index contributed by atoms with van der Waals surface area (Å²) in [5.74, 6) is 6.27. The Kier molecular flexibility index (Phi) is 5.87. The molecule has 1 aliphatic heterocycles. The maximum atomic E-state index is 9.25. The molecule has 1 aliphatic rings. The molecule has 1 aromatic rings. The highest BCUT2D eigenvalue weighted by Crippen LogP contribution is 2.17. The van der Waals surface area contributed by atoms with Gasteiger partial charge in [-0.05, 0) is 37.6 Å². The second kappa shape index (κ2) is 7.91. The number of rotatable bonds is 5. The minimum atomic E-state index is -0.136. The third-order valence-electron chi connectivity index (χ3n) is 3.50. The molecule has 0 spiro atoms. The van der Waals surface area contributed by atoms with E-state index in [0.29, 0.717) is 12.6 Å². The third-order valence-corrected chi connectivity index (χ3v) is 3.50. The van der Waals surface area contributed by atoms with Gasteiger partial charge in [0.2, 0.25) is 0 Å². The number of aliphatic hydroxyl groups excluding tert-OH is 2. The van der Waals surface area contributed by atoms with Crippen LogP contribution in [-0.2, 0) is 0 Å². The second-order valence-electron chi connectivity index (χ2n) is 4.85. The van der Waals surface area contributed by atoms with Gasteiger partial charge in [0, 0.05) is 18.2 Å². The maximum Gasteiger partial charge on any atom is 0.120 e. The van der Waals surface area contributed by atoms with Crippen molar-refractivity contribution in [2.24, 2.45) is 0 Å². The van der Waals surface area contributed by atoms with Crippen LogP contribution in [0, 0.1) is 11.8 Å². The minimum Gasteiger partial charge on any atom is -0.492 e. The molecule has 0 radical (unpaired) electrons. The van der Waals surface area contributed by atoms with Crippen molar-refractivity contribution in [1.29, 1.82) is 0 Å². The SMILES string of the molecule is OCC#Cc1cccc(OCCN2CCCC2CO)c1. The number of nitrogens with zero attached hydrogens (tertiary/aromatic N) is 1. The van der Waals surface area contributed by atoms with Gasteiger partial charge in [0.05, 0.1) is 6.61 Å². The summed E-state index contributed by atoms with van der Waals surface area (Å²) in [5.41, 5.74) is 0.839. The van der Waals surface area contributed by atoms with Gasteiger partial charge in [0.15, 0.2) is 0 Å². The van der Waals surface area contributed by atoms with Crippen molar-refractivity contribution >= 4 is 0 Å². The monoisotopic (exact) mass is 275 g/mol. The maximum absolute atomic E-state index is 9.25. The Morgan fingerprint density at radius 3 is 3.05 bits per heavy atom. The van der Waals surface area contributed by atoms with Gasteiger partial charge in [-0.2, -0.15) is 0 Å². The van der Waals surface area contributed by atoms with E-state index < -0.39 is 0 Å². The summed E-state index contributed by atoms with van der Waals surface area (Å²) in [6, 6.07) is 7.84. The predicted molar refractivity (Wildman–Crippen MR) is 77.6 cm³/mol. The summed E-state index contributed by atoms with van der Waals surface area (Å²) in [6.07, 6.45) is 2.22. The zero-order valence-electron chi connectivity index (χ0n) is 11.6. The number of benzene rings is 1. The molecule has 4 nitrogen and oxygen atoms in total. The zero-order chi connectivity index (χ0) is 14.2. The van der Waals surface area contributed by atoms with Crippen molar-refractivity contribution < 1.29 is 14.9 Å². The van der Waals surface area contributed by atoms with E-state index in [4.69, 9.17) is 9.84 Å². The van der Waals surface area contributed by atoms with E-state index in [1.165, 1.54) is 0 Å². The quantitative estimate of drug-likeness (QED) is 0.783. The summed E-state index contributed by atoms with van der Waals surface area (Å²) in [7, 11) is 0. The molecule has 2 rings (SSSR count). The Bertz CT molecular complexity index is 478. The first-order chi connectivity index (χ1) is 9.83. The first kappa shape index (κ1) is 14.9. The molecule has 0 amide bonds. The fourth-order valence-corrected chi connectivity index (χ4v) is 2.48. The molecule has 1 aromatic carbocycles. The number of likely N-dealkylation sites (tertiary alicyclic amines) is 1. The fraction of sp³-hybridized carbons (Fsp3) is 0.500. The van der Waals surface area contributed by atoms with Crippen LogP contribution in [0.2, 0.25) is 0 Å². The van der Waals surface area contributed by atoms with E-state index in [0.717, 1.165) is 37.2 Å². The van der Waals surface area contributed by atoms with Gasteiger partial charge in [0.1, 0.15) is 19.0 Å². The lowest BCUT2D eigenvalue weighted by Crippen LogP contribution is -2.35. The first-order valence-corrected chi connectivity index (χ1v) is 7.01. The van der Waals surface area contributed by atoms with Crippen LogP contribution in [-0.4, -0.2) is 54.1 Å². The average molecular weight is 275 g/mol. The van der Waals surface area contributed by atoms with Crippen LogP contribution in [0.5, 0.6) is 5.75 Å². The molecule has 1 unspecified atom stereocenters. The van der Waals surface area contributed by atoms with Crippen LogP contribution in [0.25, 0.3) is 0 Å². The molecule has 4 heteroatoms. The van der Waals surface area contributed by atoms with Crippen LogP contribution in [0.3, 0.4) is 0 Å². The van der Waals surface area contributed by atoms with Crippen molar-refractivity contribution in [3.05, 3.63) is 29.8 Å². The Hall–Kier alpha value is -1.54. The molecular weight excluding hydrogens is 254 g/mol. The van der Waals surface area contributed by atoms with Crippen LogP contribution in [0.1, 0.15) is 18.4 Å². The van der Waals surface area contributed by atoms with Gasteiger partial charge in [-0.3, -0.25) is 4.90 Å². The molecule has 108 valence electrons. The molecular formula is C16H21NO3. The van der Waals surface area contributed by atoms with Crippen LogP contribution >= 0.6 is 0 Å². The highest BCUT2D eigenvalue weighted by molar-refractivity contribution is 5.39. The van der Waals surface area contributed by atoms with Gasteiger partial charge in [-0.25, -0.2) is 0 Å². The van der Waals surface area contributed by atoms with Crippen LogP contribution in [0.4, 0.5) is 0 Å². The Balaban J connectivity index is 1.82. The lowest BCUT2D eigenvalue weighted by molar-refractivity contribution is 0.139. The number of hydrogen-bond acceptors (Lipinski definition) is 4. The highest BCUT2D eigenvalue weighted by Gasteiger charge is 2.22. The minimum absolute atomic E-state index is 0.136. The van der Waals surface area contributed by atoms with Crippen molar-refractivity contribution in [2.45, 2.75) is 18.9 Å². The summed E-state index contributed by atoms with van der Waals surface area (Å²) in [4.78, 5) is 2.27. The molecule has 0 aromatic heterocycles. The topological polar surface area (TPSA) is 52.9 Å². The van der Waals surface area contributed by atoms with E-state index >= 15 is 0 Å². The summed E-state index contributed by atoms with van der Waals surface area (Å²) >= 11 is 0. The molecule has 1 saturated heterocycles. The largest absolute Gasteiger partial charge is 0.492 e. The molecule has 0 aliphatic carbocycles. The molecule has 2 N–H and O–H groups in total. The van der Waals surface area contributed by atoms with Crippen molar-refractivity contribution in [3.8, 4) is 17.6 Å². The third kappa shape index (κ3) is 4.24. The van der Waals surface area contributed by atoms with Crippen molar-refractivity contribution in [3.63, 3.8) is 0 Å². The smallest absolute Gasteiger partial charge is 0.120 e. The van der Waals surface area contributed by atoms with E-state index in [2.05, 4.69) is 16.7 Å². The second-order valence-corrected chi connectivity index (χ2v) is 4.85. The summed E-state index contributed by atoms with van der Waals surface area (Å²) in [5, 5.41) is 17.9. The number of ether oxygens (including phenoxy) is 1. The predicted octanol–water partition coefficient (Wildman–Crippen LogP) is 0.866. The summed E-state index contributed by atoms with van der Waals surface area (Å²) in [6.45, 7) is 2.57. The van der Waals surface area contributed by atoms with E-state index in [1.54, 1.807) is 0 Å². The molecule has 0 saturated carbocycles. The van der Waals surface area contributed by atoms with Gasteiger partial charge in [0.25, 0.3) is 0 Å². The molecule has 1 atom stereocenters. The van der Waals surface area contributed by atoms with Gasteiger partial charge in [-0.15, -0.1) is 0 Å². The van der Waals surface area contributed by atoms with E-state index in [1.807, 2.05) is 24.3 Å². The van der Waals surface area contributed by atoms with Gasteiger partial charge in [-0.1, -0.05) is 17.9 Å². The van der Waals surface area contributed by atoms with Crippen molar-refractivity contribution in [2.75, 3.05) is 32.9 Å². The first-order valence-electron chi connectivity index (χ1n) is 7.01. The lowest BCUT2D eigenvalue weighted by Gasteiger charge is -2.22. The lowest BCUT2D eigenvalue weighted by atomic mass is 10.2. The van der Waals surface area contributed by atoms with E-state index in [9.17, 15) is 5.11 Å². The molecule has 20 heavy (non-hydrogen) atoms. The zero-order valence-corrected chi connectivity index (χ0v) is 11.6. The highest BCUT2D eigenvalue weighted by atomic mass is 16.5. The Morgan fingerprint density at radius 1 is 1.35 bits per heavy atom. The van der Waals surface area contributed by atoms with Gasteiger partial charge >= 0.3 is 0 Å². The Labute approximate surface area is 120 Å². The number of aliphatic hydroxyl groups is 2. The van der Waals surface area contributed by atoms with E-state index in [-0.39, 0.29) is 13.2 Å². The number of hydrogen-bond donors (Lipinski definition) is 2. The molecule has 0 bridgehead atoms. The molecule has 1 fully saturated rings.